The summed E-state index contributed by atoms with van der Waals surface area (Å²) in [5.74, 6) is 0.214. The molecule has 1 N–H and O–H groups in total. The number of fused-ring (bicyclic) bond motifs is 7. The van der Waals surface area contributed by atoms with E-state index < -0.39 is 0 Å². The number of para-hydroxylation sites is 2. The van der Waals surface area contributed by atoms with Gasteiger partial charge in [-0.25, -0.2) is 4.99 Å². The van der Waals surface area contributed by atoms with Gasteiger partial charge in [-0.3, -0.25) is 5.41 Å². The summed E-state index contributed by atoms with van der Waals surface area (Å²) in [6.07, 6.45) is 4.14. The molecule has 286 valence electrons. The summed E-state index contributed by atoms with van der Waals surface area (Å²) < 4.78 is 2.32. The summed E-state index contributed by atoms with van der Waals surface area (Å²) >= 11 is 0. The van der Waals surface area contributed by atoms with Crippen LogP contribution in [0.4, 0.5) is 0 Å². The second-order valence-electron chi connectivity index (χ2n) is 15.5. The van der Waals surface area contributed by atoms with Crippen LogP contribution in [0.1, 0.15) is 16.7 Å². The zero-order valence-corrected chi connectivity index (χ0v) is 33.3. The van der Waals surface area contributed by atoms with Gasteiger partial charge in [-0.1, -0.05) is 182 Å². The highest BCUT2D eigenvalue weighted by Crippen LogP contribution is 2.40. The van der Waals surface area contributed by atoms with Gasteiger partial charge < -0.3 is 4.57 Å². The molecule has 0 fully saturated rings. The Labute approximate surface area is 354 Å². The maximum Gasteiger partial charge on any atom is 0.152 e. The summed E-state index contributed by atoms with van der Waals surface area (Å²) in [6, 6.07) is 77.2. The van der Waals surface area contributed by atoms with Gasteiger partial charge in [0.25, 0.3) is 0 Å². The lowest BCUT2D eigenvalue weighted by Gasteiger charge is -2.15. The number of nitrogens with one attached hydrogen (secondary N) is 1. The van der Waals surface area contributed by atoms with E-state index in [2.05, 4.69) is 199 Å². The van der Waals surface area contributed by atoms with Crippen molar-refractivity contribution >= 4 is 71.7 Å². The lowest BCUT2D eigenvalue weighted by Crippen LogP contribution is -2.04. The number of amidine groups is 1. The third kappa shape index (κ3) is 6.59. The van der Waals surface area contributed by atoms with E-state index in [4.69, 9.17) is 10.4 Å². The zero-order valence-electron chi connectivity index (χ0n) is 33.3. The number of allylic oxidation sites excluding steroid dienone is 1. The second kappa shape index (κ2) is 15.2. The number of rotatable bonds is 7. The first-order chi connectivity index (χ1) is 30.2. The Morgan fingerprint density at radius 1 is 0.410 bits per heavy atom. The average Bonchev–Trinajstić information content (AvgIpc) is 3.67. The lowest BCUT2D eigenvalue weighted by atomic mass is 9.89. The Morgan fingerprint density at radius 3 is 1.77 bits per heavy atom. The molecule has 0 atom stereocenters. The Balaban J connectivity index is 0.965. The molecule has 0 aliphatic carbocycles. The molecular formula is C58H39N3. The minimum absolute atomic E-state index is 0.214. The monoisotopic (exact) mass is 777 g/mol. The van der Waals surface area contributed by atoms with E-state index in [1.54, 1.807) is 0 Å². The number of aromatic nitrogens is 1. The highest BCUT2D eigenvalue weighted by atomic mass is 15.0. The molecule has 0 amide bonds. The Hall–Kier alpha value is -8.14. The minimum atomic E-state index is 0.214. The molecule has 1 heterocycles. The molecule has 3 nitrogen and oxygen atoms in total. The smallest absolute Gasteiger partial charge is 0.152 e. The fourth-order valence-corrected chi connectivity index (χ4v) is 8.94. The highest BCUT2D eigenvalue weighted by molar-refractivity contribution is 6.20. The average molecular weight is 778 g/mol. The van der Waals surface area contributed by atoms with E-state index in [1.165, 1.54) is 65.3 Å². The van der Waals surface area contributed by atoms with Crippen LogP contribution < -0.4 is 0 Å². The molecule has 0 spiro atoms. The first-order valence-electron chi connectivity index (χ1n) is 20.7. The summed E-state index contributed by atoms with van der Waals surface area (Å²) in [5, 5.41) is 19.0. The van der Waals surface area contributed by atoms with E-state index in [-0.39, 0.29) is 5.84 Å². The van der Waals surface area contributed by atoms with Crippen molar-refractivity contribution in [1.29, 1.82) is 5.41 Å². The number of hydrogen-bond acceptors (Lipinski definition) is 1. The van der Waals surface area contributed by atoms with Crippen LogP contribution in [0.5, 0.6) is 0 Å². The number of aliphatic imine (C=N–C) groups is 1. The van der Waals surface area contributed by atoms with E-state index in [0.29, 0.717) is 5.71 Å². The van der Waals surface area contributed by atoms with Gasteiger partial charge in [-0.05, 0) is 109 Å². The largest absolute Gasteiger partial charge is 0.309 e. The number of benzene rings is 10. The SMILES string of the molecule is N=C(N=C(/C=C/c1cccc(-c2cccc(-c3c4ccccc4cc4c3ccc3ccccc34)c2)c1)c1ccc(-n2c3ccccc3c3ccccc32)cc1)c1ccccc1. The van der Waals surface area contributed by atoms with Crippen molar-refractivity contribution in [3.8, 4) is 27.9 Å². The molecule has 0 aliphatic heterocycles. The predicted molar refractivity (Wildman–Crippen MR) is 259 cm³/mol. The lowest BCUT2D eigenvalue weighted by molar-refractivity contribution is 1.18. The molecule has 11 aromatic rings. The van der Waals surface area contributed by atoms with Crippen LogP contribution in [0.15, 0.2) is 229 Å². The van der Waals surface area contributed by atoms with Crippen molar-refractivity contribution < 1.29 is 0 Å². The van der Waals surface area contributed by atoms with Crippen molar-refractivity contribution in [2.24, 2.45) is 4.99 Å². The Kier molecular flexibility index (Phi) is 8.98. The number of nitrogens with zero attached hydrogens (tertiary/aromatic N) is 2. The maximum atomic E-state index is 8.98. The van der Waals surface area contributed by atoms with E-state index in [0.717, 1.165) is 33.5 Å². The van der Waals surface area contributed by atoms with Crippen molar-refractivity contribution in [3.63, 3.8) is 0 Å². The van der Waals surface area contributed by atoms with Gasteiger partial charge >= 0.3 is 0 Å². The topological polar surface area (TPSA) is 41.1 Å². The fourth-order valence-electron chi connectivity index (χ4n) is 8.94. The predicted octanol–water partition coefficient (Wildman–Crippen LogP) is 15.1. The standard InChI is InChI=1S/C58H39N3/c59-58(42-16-2-1-3-17-42)60-54(41-29-32-47(33-30-41)61-55-26-10-8-24-50(55)51-25-9-11-27-56(51)61)35-28-39-14-12-19-43(36-39)44-20-13-21-46(37-44)57-49-23-7-5-18-45(49)38-53-48-22-6-4-15-40(48)31-34-52(53)57/h1-38,59H/b35-28+,59-58?,60-54?. The van der Waals surface area contributed by atoms with Gasteiger partial charge in [0, 0.05) is 27.6 Å². The molecule has 0 saturated carbocycles. The van der Waals surface area contributed by atoms with Crippen LogP contribution in [0, 0.1) is 5.41 Å². The molecule has 0 aliphatic rings. The Bertz CT molecular complexity index is 3480. The molecule has 0 radical (unpaired) electrons. The molecule has 0 unspecified atom stereocenters. The third-order valence-corrected chi connectivity index (χ3v) is 11.9. The molecule has 11 rings (SSSR count). The Morgan fingerprint density at radius 2 is 1.02 bits per heavy atom. The van der Waals surface area contributed by atoms with Crippen LogP contribution >= 0.6 is 0 Å². The van der Waals surface area contributed by atoms with Crippen molar-refractivity contribution in [2.75, 3.05) is 0 Å². The van der Waals surface area contributed by atoms with Crippen LogP contribution in [-0.4, -0.2) is 16.1 Å². The van der Waals surface area contributed by atoms with Crippen molar-refractivity contribution in [2.45, 2.75) is 0 Å². The van der Waals surface area contributed by atoms with Gasteiger partial charge in [0.15, 0.2) is 5.84 Å². The van der Waals surface area contributed by atoms with Crippen molar-refractivity contribution in [1.82, 2.24) is 4.57 Å². The quantitative estimate of drug-likeness (QED) is 0.0725. The van der Waals surface area contributed by atoms with Crippen LogP contribution in [0.2, 0.25) is 0 Å². The third-order valence-electron chi connectivity index (χ3n) is 11.9. The molecule has 61 heavy (non-hydrogen) atoms. The summed E-state index contributed by atoms with van der Waals surface area (Å²) in [5.41, 5.74) is 11.6. The minimum Gasteiger partial charge on any atom is -0.309 e. The molecule has 1 aromatic heterocycles. The normalized spacial score (nSPS) is 12.0. The van der Waals surface area contributed by atoms with Gasteiger partial charge in [0.2, 0.25) is 0 Å². The van der Waals surface area contributed by atoms with E-state index in [9.17, 15) is 0 Å². The van der Waals surface area contributed by atoms with Crippen molar-refractivity contribution in [3.05, 3.63) is 241 Å². The number of hydrogen-bond donors (Lipinski definition) is 1. The molecular weight excluding hydrogens is 739 g/mol. The van der Waals surface area contributed by atoms with Gasteiger partial charge in [0.05, 0.1) is 16.7 Å². The zero-order chi connectivity index (χ0) is 40.7. The van der Waals surface area contributed by atoms with E-state index in [1.807, 2.05) is 36.4 Å². The van der Waals surface area contributed by atoms with E-state index >= 15 is 0 Å². The first kappa shape index (κ1) is 36.0. The highest BCUT2D eigenvalue weighted by Gasteiger charge is 2.15. The van der Waals surface area contributed by atoms with Gasteiger partial charge in [0.1, 0.15) is 0 Å². The summed E-state index contributed by atoms with van der Waals surface area (Å²) in [7, 11) is 0. The fraction of sp³-hybridized carbons (Fsp3) is 0. The van der Waals surface area contributed by atoms with Crippen LogP contribution in [-0.2, 0) is 0 Å². The molecule has 0 saturated heterocycles. The maximum absolute atomic E-state index is 8.98. The molecule has 3 heteroatoms. The first-order valence-corrected chi connectivity index (χ1v) is 20.7. The summed E-state index contributed by atoms with van der Waals surface area (Å²) in [6.45, 7) is 0. The van der Waals surface area contributed by atoms with Gasteiger partial charge in [-0.15, -0.1) is 0 Å². The van der Waals surface area contributed by atoms with Crippen LogP contribution in [0.25, 0.3) is 88.1 Å². The van der Waals surface area contributed by atoms with Crippen LogP contribution in [0.3, 0.4) is 0 Å². The van der Waals surface area contributed by atoms with Gasteiger partial charge in [-0.2, -0.15) is 0 Å². The second-order valence-corrected chi connectivity index (χ2v) is 15.5. The molecule has 10 aromatic carbocycles. The summed E-state index contributed by atoms with van der Waals surface area (Å²) in [4.78, 5) is 4.93. The molecule has 0 bridgehead atoms.